The number of hydrogen-bond acceptors (Lipinski definition) is 5. The lowest BCUT2D eigenvalue weighted by Gasteiger charge is -2.29. The maximum Gasteiger partial charge on any atom is 0.236 e. The van der Waals surface area contributed by atoms with Gasteiger partial charge in [-0.25, -0.2) is 4.98 Å². The zero-order chi connectivity index (χ0) is 18.9. The molecule has 150 valence electrons. The van der Waals surface area contributed by atoms with Gasteiger partial charge in [-0.2, -0.15) is 5.10 Å². The molecule has 0 unspecified atom stereocenters. The highest BCUT2D eigenvalue weighted by atomic mass is 16.5. The first kappa shape index (κ1) is 17.9. The van der Waals surface area contributed by atoms with Crippen molar-refractivity contribution in [1.82, 2.24) is 29.1 Å². The fourth-order valence-corrected chi connectivity index (χ4v) is 4.12. The maximum atomic E-state index is 12.8. The van der Waals surface area contributed by atoms with E-state index in [0.717, 1.165) is 81.9 Å². The molecule has 1 aliphatic carbocycles. The molecule has 0 aromatic carbocycles. The first-order chi connectivity index (χ1) is 13.8. The van der Waals surface area contributed by atoms with Gasteiger partial charge in [-0.05, 0) is 18.8 Å². The van der Waals surface area contributed by atoms with Crippen molar-refractivity contribution in [2.24, 2.45) is 5.92 Å². The van der Waals surface area contributed by atoms with E-state index in [1.807, 2.05) is 17.3 Å². The van der Waals surface area contributed by atoms with Crippen LogP contribution in [0.15, 0.2) is 18.6 Å². The van der Waals surface area contributed by atoms with Crippen LogP contribution in [0.1, 0.15) is 18.7 Å². The molecule has 8 nitrogen and oxygen atoms in total. The van der Waals surface area contributed by atoms with Crippen molar-refractivity contribution in [2.45, 2.75) is 32.4 Å². The highest BCUT2D eigenvalue weighted by Gasteiger charge is 2.25. The molecule has 5 rings (SSSR count). The van der Waals surface area contributed by atoms with Crippen LogP contribution in [0.3, 0.4) is 0 Å². The number of imidazole rings is 1. The summed E-state index contributed by atoms with van der Waals surface area (Å²) >= 11 is 0. The average molecular weight is 384 g/mol. The number of morpholine rings is 1. The van der Waals surface area contributed by atoms with Gasteiger partial charge < -0.3 is 14.2 Å². The first-order valence-corrected chi connectivity index (χ1v) is 10.4. The van der Waals surface area contributed by atoms with Gasteiger partial charge in [-0.1, -0.05) is 0 Å². The number of rotatable bonds is 5. The van der Waals surface area contributed by atoms with Gasteiger partial charge in [0.2, 0.25) is 5.91 Å². The van der Waals surface area contributed by atoms with E-state index in [9.17, 15) is 4.79 Å². The van der Waals surface area contributed by atoms with Crippen molar-refractivity contribution in [3.8, 4) is 11.3 Å². The van der Waals surface area contributed by atoms with E-state index < -0.39 is 0 Å². The molecular weight excluding hydrogens is 356 g/mol. The molecule has 3 aliphatic rings. The minimum atomic E-state index is 0.214. The minimum absolute atomic E-state index is 0.214. The van der Waals surface area contributed by atoms with Crippen LogP contribution in [0.4, 0.5) is 0 Å². The second-order valence-corrected chi connectivity index (χ2v) is 8.13. The lowest BCUT2D eigenvalue weighted by atomic mass is 10.2. The van der Waals surface area contributed by atoms with E-state index in [0.29, 0.717) is 6.54 Å². The number of amides is 1. The highest BCUT2D eigenvalue weighted by Crippen LogP contribution is 2.31. The summed E-state index contributed by atoms with van der Waals surface area (Å²) in [5.74, 6) is 2.08. The summed E-state index contributed by atoms with van der Waals surface area (Å²) in [6.45, 7) is 6.90. The second kappa shape index (κ2) is 7.67. The van der Waals surface area contributed by atoms with E-state index in [2.05, 4.69) is 30.4 Å². The fraction of sp³-hybridized carbons (Fsp3) is 0.650. The summed E-state index contributed by atoms with van der Waals surface area (Å²) in [5, 5.41) is 4.53. The smallest absolute Gasteiger partial charge is 0.236 e. The molecule has 8 heteroatoms. The quantitative estimate of drug-likeness (QED) is 0.765. The van der Waals surface area contributed by atoms with Crippen LogP contribution in [0.5, 0.6) is 0 Å². The maximum absolute atomic E-state index is 12.8. The third-order valence-corrected chi connectivity index (χ3v) is 6.02. The largest absolute Gasteiger partial charge is 0.379 e. The zero-order valence-corrected chi connectivity index (χ0v) is 16.3. The van der Waals surface area contributed by atoms with Gasteiger partial charge in [0.15, 0.2) is 0 Å². The van der Waals surface area contributed by atoms with Gasteiger partial charge in [0.25, 0.3) is 0 Å². The molecule has 28 heavy (non-hydrogen) atoms. The first-order valence-electron chi connectivity index (χ1n) is 10.4. The van der Waals surface area contributed by atoms with Crippen LogP contribution >= 0.6 is 0 Å². The Hall–Kier alpha value is -2.19. The summed E-state index contributed by atoms with van der Waals surface area (Å²) in [6.07, 6.45) is 9.48. The summed E-state index contributed by atoms with van der Waals surface area (Å²) < 4.78 is 9.70. The van der Waals surface area contributed by atoms with Gasteiger partial charge >= 0.3 is 0 Å². The Morgan fingerprint density at radius 2 is 1.96 bits per heavy atom. The van der Waals surface area contributed by atoms with Crippen LogP contribution in [-0.2, 0) is 29.0 Å². The Morgan fingerprint density at radius 1 is 1.11 bits per heavy atom. The van der Waals surface area contributed by atoms with Crippen molar-refractivity contribution in [3.63, 3.8) is 0 Å². The number of carbonyl (C=O) groups is 1. The second-order valence-electron chi connectivity index (χ2n) is 8.13. The molecule has 0 radical (unpaired) electrons. The summed E-state index contributed by atoms with van der Waals surface area (Å²) in [7, 11) is 0. The predicted molar refractivity (Wildman–Crippen MR) is 104 cm³/mol. The molecule has 0 bridgehead atoms. The zero-order valence-electron chi connectivity index (χ0n) is 16.3. The van der Waals surface area contributed by atoms with Gasteiger partial charge in [0, 0.05) is 57.4 Å². The van der Waals surface area contributed by atoms with Crippen molar-refractivity contribution < 1.29 is 9.53 Å². The Bertz CT molecular complexity index is 834. The lowest BCUT2D eigenvalue weighted by Crippen LogP contribution is -2.45. The van der Waals surface area contributed by atoms with Crippen LogP contribution < -0.4 is 0 Å². The number of nitrogens with zero attached hydrogens (tertiary/aromatic N) is 6. The van der Waals surface area contributed by atoms with E-state index in [-0.39, 0.29) is 5.91 Å². The molecule has 4 heterocycles. The number of ether oxygens (including phenoxy) is 1. The number of fused-ring (bicyclic) bond motifs is 1. The number of carbonyl (C=O) groups excluding carboxylic acids is 1. The van der Waals surface area contributed by atoms with Gasteiger partial charge in [0.05, 0.1) is 37.8 Å². The normalized spacial score (nSPS) is 20.8. The highest BCUT2D eigenvalue weighted by molar-refractivity contribution is 5.78. The van der Waals surface area contributed by atoms with E-state index in [4.69, 9.17) is 4.74 Å². The van der Waals surface area contributed by atoms with Crippen LogP contribution in [0, 0.1) is 5.92 Å². The summed E-state index contributed by atoms with van der Waals surface area (Å²) in [4.78, 5) is 21.6. The van der Waals surface area contributed by atoms with Crippen LogP contribution in [0.2, 0.25) is 0 Å². The molecular formula is C20H28N6O2. The van der Waals surface area contributed by atoms with E-state index >= 15 is 0 Å². The molecule has 2 aliphatic heterocycles. The molecule has 1 saturated heterocycles. The van der Waals surface area contributed by atoms with Gasteiger partial charge in [-0.3, -0.25) is 14.4 Å². The molecule has 2 aromatic heterocycles. The third-order valence-electron chi connectivity index (χ3n) is 6.02. The Kier molecular flexibility index (Phi) is 4.90. The molecule has 0 N–H and O–H groups in total. The van der Waals surface area contributed by atoms with Crippen LogP contribution in [0.25, 0.3) is 11.3 Å². The molecule has 0 atom stereocenters. The van der Waals surface area contributed by atoms with Gasteiger partial charge in [-0.15, -0.1) is 0 Å². The SMILES string of the molecule is O=C(CN1CCOCC1)N1CCc2ncc(-c3cnn(CC4CC4)c3)n2CC1. The third kappa shape index (κ3) is 3.84. The van der Waals surface area contributed by atoms with Crippen molar-refractivity contribution in [3.05, 3.63) is 24.4 Å². The van der Waals surface area contributed by atoms with Crippen molar-refractivity contribution in [2.75, 3.05) is 45.9 Å². The Balaban J connectivity index is 1.24. The van der Waals surface area contributed by atoms with Crippen molar-refractivity contribution >= 4 is 5.91 Å². The lowest BCUT2D eigenvalue weighted by molar-refractivity contribution is -0.133. The fourth-order valence-electron chi connectivity index (χ4n) is 4.12. The predicted octanol–water partition coefficient (Wildman–Crippen LogP) is 0.874. The Labute approximate surface area is 165 Å². The molecule has 0 spiro atoms. The monoisotopic (exact) mass is 384 g/mol. The average Bonchev–Trinajstić information content (AvgIpc) is 3.32. The summed E-state index contributed by atoms with van der Waals surface area (Å²) in [5.41, 5.74) is 2.23. The number of aromatic nitrogens is 4. The number of hydrogen-bond donors (Lipinski definition) is 0. The van der Waals surface area contributed by atoms with E-state index in [1.165, 1.54) is 12.8 Å². The van der Waals surface area contributed by atoms with Crippen molar-refractivity contribution in [1.29, 1.82) is 0 Å². The topological polar surface area (TPSA) is 68.4 Å². The van der Waals surface area contributed by atoms with Gasteiger partial charge in [0.1, 0.15) is 5.82 Å². The molecule has 1 amide bonds. The molecule has 2 fully saturated rings. The standard InChI is InChI=1S/C20H28N6O2/c27-20(15-23-7-9-28-10-8-23)24-4-3-19-21-12-18(26(19)6-5-24)17-11-22-25(14-17)13-16-1-2-16/h11-12,14,16H,1-10,13,15H2. The molecule has 2 aromatic rings. The Morgan fingerprint density at radius 3 is 2.79 bits per heavy atom. The molecule has 1 saturated carbocycles. The summed E-state index contributed by atoms with van der Waals surface area (Å²) in [6, 6.07) is 0. The van der Waals surface area contributed by atoms with E-state index in [1.54, 1.807) is 0 Å². The van der Waals surface area contributed by atoms with Crippen LogP contribution in [-0.4, -0.2) is 81.0 Å². The minimum Gasteiger partial charge on any atom is -0.379 e.